The fourth-order valence-corrected chi connectivity index (χ4v) is 0.565. The van der Waals surface area contributed by atoms with Crippen molar-refractivity contribution in [3.8, 4) is 11.8 Å². The van der Waals surface area contributed by atoms with E-state index in [0.29, 0.717) is 6.61 Å². The van der Waals surface area contributed by atoms with Crippen LogP contribution in [0.1, 0.15) is 27.2 Å². The number of unbranched alkanes of at least 4 members (excludes halogenated alkanes) is 1. The van der Waals surface area contributed by atoms with Crippen LogP contribution < -0.4 is 0 Å². The molecule has 0 saturated heterocycles. The van der Waals surface area contributed by atoms with Crippen LogP contribution in [0.25, 0.3) is 0 Å². The van der Waals surface area contributed by atoms with Crippen molar-refractivity contribution >= 4 is 0 Å². The van der Waals surface area contributed by atoms with Crippen LogP contribution in [0.2, 0.25) is 0 Å². The molecule has 0 aromatic carbocycles. The SMILES string of the molecule is COC[CH]CC#CC(C)(C)C. The molecule has 0 aliphatic rings. The number of rotatable bonds is 3. The van der Waals surface area contributed by atoms with E-state index in [0.717, 1.165) is 6.42 Å². The monoisotopic (exact) mass is 153 g/mol. The maximum atomic E-state index is 4.85. The molecule has 0 fully saturated rings. The maximum absolute atomic E-state index is 4.85. The van der Waals surface area contributed by atoms with Crippen LogP contribution in [-0.2, 0) is 4.74 Å². The van der Waals surface area contributed by atoms with Crippen LogP contribution in [0.5, 0.6) is 0 Å². The van der Waals surface area contributed by atoms with Gasteiger partial charge in [-0.05, 0) is 27.2 Å². The summed E-state index contributed by atoms with van der Waals surface area (Å²) in [6, 6.07) is 0. The highest BCUT2D eigenvalue weighted by Crippen LogP contribution is 2.09. The van der Waals surface area contributed by atoms with Crippen LogP contribution in [-0.4, -0.2) is 13.7 Å². The molecule has 0 heterocycles. The summed E-state index contributed by atoms with van der Waals surface area (Å²) in [7, 11) is 1.69. The van der Waals surface area contributed by atoms with Crippen molar-refractivity contribution in [3.63, 3.8) is 0 Å². The smallest absolute Gasteiger partial charge is 0.0503 e. The molecule has 1 heteroatoms. The third-order valence-corrected chi connectivity index (χ3v) is 0.994. The van der Waals surface area contributed by atoms with E-state index in [9.17, 15) is 0 Å². The van der Waals surface area contributed by atoms with Crippen LogP contribution >= 0.6 is 0 Å². The molecule has 0 bridgehead atoms. The van der Waals surface area contributed by atoms with Crippen molar-refractivity contribution in [2.24, 2.45) is 5.41 Å². The zero-order valence-corrected chi connectivity index (χ0v) is 7.90. The summed E-state index contributed by atoms with van der Waals surface area (Å²) in [6.07, 6.45) is 2.85. The molecule has 1 nitrogen and oxygen atoms in total. The number of methoxy groups -OCH3 is 1. The molecule has 0 saturated carbocycles. The average Bonchev–Trinajstić information content (AvgIpc) is 1.85. The molecule has 63 valence electrons. The molecule has 0 aliphatic heterocycles. The molecule has 0 aromatic heterocycles. The Kier molecular flexibility index (Phi) is 4.98. The summed E-state index contributed by atoms with van der Waals surface area (Å²) in [5, 5.41) is 0. The van der Waals surface area contributed by atoms with E-state index in [1.165, 1.54) is 0 Å². The highest BCUT2D eigenvalue weighted by atomic mass is 16.5. The zero-order chi connectivity index (χ0) is 8.74. The lowest BCUT2D eigenvalue weighted by Crippen LogP contribution is -1.99. The van der Waals surface area contributed by atoms with Crippen LogP contribution in [0.4, 0.5) is 0 Å². The van der Waals surface area contributed by atoms with E-state index in [1.807, 2.05) is 6.42 Å². The summed E-state index contributed by atoms with van der Waals surface area (Å²) in [5.41, 5.74) is 0.126. The Bertz CT molecular complexity index is 142. The summed E-state index contributed by atoms with van der Waals surface area (Å²) >= 11 is 0. The minimum absolute atomic E-state index is 0.126. The highest BCUT2D eigenvalue weighted by Gasteiger charge is 2.02. The Morgan fingerprint density at radius 2 is 2.00 bits per heavy atom. The van der Waals surface area contributed by atoms with E-state index in [4.69, 9.17) is 4.74 Å². The van der Waals surface area contributed by atoms with Crippen LogP contribution in [0.15, 0.2) is 0 Å². The van der Waals surface area contributed by atoms with Gasteiger partial charge in [-0.3, -0.25) is 0 Å². The molecule has 0 aromatic rings. The third kappa shape index (κ3) is 9.52. The lowest BCUT2D eigenvalue weighted by atomic mass is 9.98. The maximum Gasteiger partial charge on any atom is 0.0503 e. The molecule has 0 amide bonds. The van der Waals surface area contributed by atoms with Gasteiger partial charge in [-0.2, -0.15) is 0 Å². The fraction of sp³-hybridized carbons (Fsp3) is 0.700. The quantitative estimate of drug-likeness (QED) is 0.446. The number of ether oxygens (including phenoxy) is 1. The predicted octanol–water partition coefficient (Wildman–Crippen LogP) is 2.28. The Hall–Kier alpha value is -0.480. The second kappa shape index (κ2) is 5.21. The summed E-state index contributed by atoms with van der Waals surface area (Å²) in [5.74, 6) is 6.22. The lowest BCUT2D eigenvalue weighted by Gasteiger charge is -2.06. The van der Waals surface area contributed by atoms with Crippen molar-refractivity contribution in [3.05, 3.63) is 6.42 Å². The first-order valence-corrected chi connectivity index (χ1v) is 3.87. The number of hydrogen-bond donors (Lipinski definition) is 0. The van der Waals surface area contributed by atoms with E-state index in [1.54, 1.807) is 7.11 Å². The second-order valence-corrected chi connectivity index (χ2v) is 3.50. The van der Waals surface area contributed by atoms with Crippen molar-refractivity contribution in [2.45, 2.75) is 27.2 Å². The standard InChI is InChI=1S/C10H17O/c1-10(2,3)8-6-5-7-9-11-4/h7H,5,9H2,1-4H3. The molecule has 0 N–H and O–H groups in total. The van der Waals surface area contributed by atoms with Gasteiger partial charge >= 0.3 is 0 Å². The summed E-state index contributed by atoms with van der Waals surface area (Å²) < 4.78 is 4.85. The lowest BCUT2D eigenvalue weighted by molar-refractivity contribution is 0.222. The normalized spacial score (nSPS) is 10.5. The summed E-state index contributed by atoms with van der Waals surface area (Å²) in [6.45, 7) is 7.02. The highest BCUT2D eigenvalue weighted by molar-refractivity contribution is 5.08. The fourth-order valence-electron chi connectivity index (χ4n) is 0.565. The Balaban J connectivity index is 3.41. The van der Waals surface area contributed by atoms with Crippen molar-refractivity contribution in [1.82, 2.24) is 0 Å². The van der Waals surface area contributed by atoms with Crippen LogP contribution in [0, 0.1) is 23.7 Å². The van der Waals surface area contributed by atoms with Gasteiger partial charge < -0.3 is 4.74 Å². The van der Waals surface area contributed by atoms with Gasteiger partial charge in [0.25, 0.3) is 0 Å². The van der Waals surface area contributed by atoms with Gasteiger partial charge in [0.2, 0.25) is 0 Å². The molecule has 0 aliphatic carbocycles. The van der Waals surface area contributed by atoms with Gasteiger partial charge in [0.1, 0.15) is 0 Å². The Morgan fingerprint density at radius 3 is 2.45 bits per heavy atom. The molecule has 1 radical (unpaired) electrons. The molecule has 0 spiro atoms. The molecule has 0 atom stereocenters. The van der Waals surface area contributed by atoms with E-state index in [-0.39, 0.29) is 5.41 Å². The second-order valence-electron chi connectivity index (χ2n) is 3.50. The third-order valence-electron chi connectivity index (χ3n) is 0.994. The van der Waals surface area contributed by atoms with Gasteiger partial charge in [0, 0.05) is 18.9 Å². The molecule has 11 heavy (non-hydrogen) atoms. The first-order valence-electron chi connectivity index (χ1n) is 3.87. The summed E-state index contributed by atoms with van der Waals surface area (Å²) in [4.78, 5) is 0. The minimum Gasteiger partial charge on any atom is -0.384 e. The van der Waals surface area contributed by atoms with Gasteiger partial charge in [0.15, 0.2) is 0 Å². The molecule has 0 rings (SSSR count). The Labute approximate surface area is 70.1 Å². The van der Waals surface area contributed by atoms with Gasteiger partial charge in [0.05, 0.1) is 6.61 Å². The minimum atomic E-state index is 0.126. The number of hydrogen-bond acceptors (Lipinski definition) is 1. The van der Waals surface area contributed by atoms with E-state index >= 15 is 0 Å². The molecular weight excluding hydrogens is 136 g/mol. The largest absolute Gasteiger partial charge is 0.384 e. The van der Waals surface area contributed by atoms with Gasteiger partial charge in [-0.15, -0.1) is 5.92 Å². The first-order chi connectivity index (χ1) is 5.06. The predicted molar refractivity (Wildman–Crippen MR) is 48.0 cm³/mol. The molecular formula is C10H17O. The average molecular weight is 153 g/mol. The van der Waals surface area contributed by atoms with Crippen molar-refractivity contribution in [2.75, 3.05) is 13.7 Å². The van der Waals surface area contributed by atoms with Gasteiger partial charge in [-0.25, -0.2) is 0 Å². The van der Waals surface area contributed by atoms with Crippen LogP contribution in [0.3, 0.4) is 0 Å². The topological polar surface area (TPSA) is 9.23 Å². The van der Waals surface area contributed by atoms with Crippen molar-refractivity contribution < 1.29 is 4.74 Å². The molecule has 0 unspecified atom stereocenters. The van der Waals surface area contributed by atoms with E-state index < -0.39 is 0 Å². The van der Waals surface area contributed by atoms with E-state index in [2.05, 4.69) is 32.6 Å². The zero-order valence-electron chi connectivity index (χ0n) is 7.90. The Morgan fingerprint density at radius 1 is 1.36 bits per heavy atom. The van der Waals surface area contributed by atoms with Gasteiger partial charge in [-0.1, -0.05) is 5.92 Å². The first kappa shape index (κ1) is 10.5. The van der Waals surface area contributed by atoms with Crippen molar-refractivity contribution in [1.29, 1.82) is 0 Å².